The molecule has 2 aliphatic rings. The van der Waals surface area contributed by atoms with Crippen molar-refractivity contribution in [2.45, 2.75) is 18.9 Å². The Balaban J connectivity index is 1.18. The second kappa shape index (κ2) is 11.0. The monoisotopic (exact) mass is 505 g/mol. The minimum Gasteiger partial charge on any atom is -0.408 e. The number of nitrogens with zero attached hydrogens (tertiary/aromatic N) is 4. The lowest BCUT2D eigenvalue weighted by atomic mass is 10.1. The van der Waals surface area contributed by atoms with E-state index in [-0.39, 0.29) is 0 Å². The number of carbonyl (C=O) groups excluding carboxylic acids is 1. The highest BCUT2D eigenvalue weighted by molar-refractivity contribution is 6.30. The Hall–Kier alpha value is -3.51. The van der Waals surface area contributed by atoms with Gasteiger partial charge in [-0.25, -0.2) is 4.79 Å². The molecule has 0 radical (unpaired) electrons. The molecule has 9 heteroatoms. The second-order valence-electron chi connectivity index (χ2n) is 8.96. The Morgan fingerprint density at radius 3 is 2.53 bits per heavy atom. The van der Waals surface area contributed by atoms with Gasteiger partial charge in [0.1, 0.15) is 6.07 Å². The predicted molar refractivity (Wildman–Crippen MR) is 139 cm³/mol. The zero-order valence-electron chi connectivity index (χ0n) is 19.9. The fourth-order valence-electron chi connectivity index (χ4n) is 4.82. The van der Waals surface area contributed by atoms with Gasteiger partial charge in [-0.3, -0.25) is 10.2 Å². The molecule has 2 aromatic carbocycles. The Morgan fingerprint density at radius 1 is 1.06 bits per heavy atom. The van der Waals surface area contributed by atoms with E-state index in [1.54, 1.807) is 42.7 Å². The molecule has 2 aliphatic heterocycles. The van der Waals surface area contributed by atoms with E-state index in [2.05, 4.69) is 21.2 Å². The molecule has 0 aliphatic carbocycles. The van der Waals surface area contributed by atoms with Crippen molar-refractivity contribution in [1.29, 1.82) is 5.26 Å². The van der Waals surface area contributed by atoms with Crippen LogP contribution in [0.2, 0.25) is 5.02 Å². The molecule has 0 atom stereocenters. The van der Waals surface area contributed by atoms with Gasteiger partial charge in [-0.05, 0) is 61.4 Å². The van der Waals surface area contributed by atoms with E-state index < -0.39 is 6.09 Å². The van der Waals surface area contributed by atoms with Crippen molar-refractivity contribution < 1.29 is 14.3 Å². The zero-order valence-corrected chi connectivity index (χ0v) is 20.7. The molecule has 3 heterocycles. The van der Waals surface area contributed by atoms with Crippen LogP contribution in [0.15, 0.2) is 60.9 Å². The highest BCUT2D eigenvalue weighted by Crippen LogP contribution is 2.27. The van der Waals surface area contributed by atoms with E-state index in [0.29, 0.717) is 28.1 Å². The lowest BCUT2D eigenvalue weighted by Gasteiger charge is -2.41. The van der Waals surface area contributed by atoms with Crippen molar-refractivity contribution in [2.24, 2.45) is 0 Å². The van der Waals surface area contributed by atoms with Gasteiger partial charge in [-0.2, -0.15) is 5.26 Å². The van der Waals surface area contributed by atoms with Crippen molar-refractivity contribution in [3.8, 4) is 17.5 Å². The number of halogens is 1. The van der Waals surface area contributed by atoms with Crippen molar-refractivity contribution in [1.82, 2.24) is 9.47 Å². The number of carbonyl (C=O) groups is 1. The third kappa shape index (κ3) is 5.65. The van der Waals surface area contributed by atoms with Crippen LogP contribution in [-0.4, -0.2) is 61.0 Å². The molecule has 8 nitrogen and oxygen atoms in total. The zero-order chi connectivity index (χ0) is 24.9. The summed E-state index contributed by atoms with van der Waals surface area (Å²) in [5.74, 6) is 0.405. The molecule has 1 amide bonds. The normalized spacial score (nSPS) is 16.9. The Bertz CT molecular complexity index is 1240. The van der Waals surface area contributed by atoms with Crippen LogP contribution in [0.4, 0.5) is 16.2 Å². The number of hydrogen-bond acceptors (Lipinski definition) is 6. The summed E-state index contributed by atoms with van der Waals surface area (Å²) in [5, 5.41) is 13.1. The molecule has 0 spiro atoms. The fraction of sp³-hybridized carbons (Fsp3) is 0.333. The van der Waals surface area contributed by atoms with E-state index in [0.717, 1.165) is 63.6 Å². The number of ether oxygens (including phenoxy) is 2. The van der Waals surface area contributed by atoms with Crippen molar-refractivity contribution in [3.63, 3.8) is 0 Å². The summed E-state index contributed by atoms with van der Waals surface area (Å²) in [6.07, 6.45) is 5.07. The molecule has 1 N–H and O–H groups in total. The smallest absolute Gasteiger partial charge is 0.408 e. The van der Waals surface area contributed by atoms with Gasteiger partial charge in [0, 0.05) is 68.0 Å². The summed E-state index contributed by atoms with van der Waals surface area (Å²) in [4.78, 5) is 17.3. The molecule has 2 fully saturated rings. The largest absolute Gasteiger partial charge is 0.417 e. The number of nitrogens with one attached hydrogen (secondary N) is 1. The average molecular weight is 506 g/mol. The summed E-state index contributed by atoms with van der Waals surface area (Å²) in [6.45, 7) is 5.36. The number of hydrogen-bond donors (Lipinski definition) is 1. The van der Waals surface area contributed by atoms with Crippen LogP contribution in [-0.2, 0) is 4.74 Å². The van der Waals surface area contributed by atoms with Crippen LogP contribution < -0.4 is 15.0 Å². The predicted octanol–water partition coefficient (Wildman–Crippen LogP) is 4.91. The maximum absolute atomic E-state index is 12.5. The minimum absolute atomic E-state index is 0.405. The number of piperazine rings is 1. The van der Waals surface area contributed by atoms with Crippen molar-refractivity contribution in [2.75, 3.05) is 49.6 Å². The molecular weight excluding hydrogens is 478 g/mol. The number of nitriles is 1. The maximum Gasteiger partial charge on any atom is 0.417 e. The number of anilines is 2. The Labute approximate surface area is 215 Å². The average Bonchev–Trinajstić information content (AvgIpc) is 3.38. The minimum atomic E-state index is -0.620. The standard InChI is InChI=1S/C27H28ClN5O3/c28-21-1-4-23(5-2-21)33-10-7-25(19-33)36-27(34)30-22-3-6-26(20(17-22)18-29)32-13-11-31(12-14-32)24-8-15-35-16-9-24/h1-7,10,17,19,24H,8-9,11-16H2,(H,30,34). The molecule has 1 aromatic heterocycles. The molecule has 0 unspecified atom stereocenters. The summed E-state index contributed by atoms with van der Waals surface area (Å²) in [6, 6.07) is 17.3. The van der Waals surface area contributed by atoms with Crippen molar-refractivity contribution >= 4 is 29.1 Å². The Morgan fingerprint density at radius 2 is 1.81 bits per heavy atom. The number of aromatic nitrogens is 1. The lowest BCUT2D eigenvalue weighted by Crippen LogP contribution is -2.51. The van der Waals surface area contributed by atoms with Crippen LogP contribution in [0.1, 0.15) is 18.4 Å². The summed E-state index contributed by atoms with van der Waals surface area (Å²) < 4.78 is 12.8. The third-order valence-corrected chi connectivity index (χ3v) is 6.98. The van der Waals surface area contributed by atoms with Crippen LogP contribution >= 0.6 is 11.6 Å². The SMILES string of the molecule is N#Cc1cc(NC(=O)Oc2ccn(-c3ccc(Cl)cc3)c2)ccc1N1CCN(C2CCOCC2)CC1. The van der Waals surface area contributed by atoms with Gasteiger partial charge in [-0.1, -0.05) is 11.6 Å². The van der Waals surface area contributed by atoms with Gasteiger partial charge < -0.3 is 18.9 Å². The summed E-state index contributed by atoms with van der Waals surface area (Å²) >= 11 is 5.95. The van der Waals surface area contributed by atoms with Crippen LogP contribution in [0.3, 0.4) is 0 Å². The topological polar surface area (TPSA) is 82.8 Å². The first-order chi connectivity index (χ1) is 17.6. The lowest BCUT2D eigenvalue weighted by molar-refractivity contribution is 0.0321. The molecule has 0 saturated carbocycles. The van der Waals surface area contributed by atoms with E-state index >= 15 is 0 Å². The Kier molecular flexibility index (Phi) is 7.42. The molecule has 0 bridgehead atoms. The van der Waals surface area contributed by atoms with E-state index in [9.17, 15) is 10.1 Å². The number of amides is 1. The van der Waals surface area contributed by atoms with Crippen LogP contribution in [0, 0.1) is 11.3 Å². The third-order valence-electron chi connectivity index (χ3n) is 6.73. The first-order valence-electron chi connectivity index (χ1n) is 12.1. The van der Waals surface area contributed by atoms with Crippen LogP contribution in [0.25, 0.3) is 5.69 Å². The van der Waals surface area contributed by atoms with E-state index in [1.807, 2.05) is 22.8 Å². The molecule has 5 rings (SSSR count). The molecule has 2 saturated heterocycles. The second-order valence-corrected chi connectivity index (χ2v) is 9.39. The van der Waals surface area contributed by atoms with Gasteiger partial charge in [0.25, 0.3) is 0 Å². The van der Waals surface area contributed by atoms with Gasteiger partial charge in [0.05, 0.1) is 17.4 Å². The van der Waals surface area contributed by atoms with Gasteiger partial charge in [-0.15, -0.1) is 0 Å². The number of benzene rings is 2. The summed E-state index contributed by atoms with van der Waals surface area (Å²) in [7, 11) is 0. The highest BCUT2D eigenvalue weighted by Gasteiger charge is 2.26. The van der Waals surface area contributed by atoms with Crippen LogP contribution in [0.5, 0.6) is 5.75 Å². The molecule has 3 aromatic rings. The highest BCUT2D eigenvalue weighted by atomic mass is 35.5. The quantitative estimate of drug-likeness (QED) is 0.530. The maximum atomic E-state index is 12.5. The van der Waals surface area contributed by atoms with E-state index in [1.165, 1.54) is 0 Å². The number of rotatable bonds is 5. The van der Waals surface area contributed by atoms with Gasteiger partial charge in [0.15, 0.2) is 5.75 Å². The van der Waals surface area contributed by atoms with Gasteiger partial charge >= 0.3 is 6.09 Å². The summed E-state index contributed by atoms with van der Waals surface area (Å²) in [5.41, 5.74) is 2.83. The van der Waals surface area contributed by atoms with Gasteiger partial charge in [0.2, 0.25) is 0 Å². The first-order valence-corrected chi connectivity index (χ1v) is 12.5. The van der Waals surface area contributed by atoms with E-state index in [4.69, 9.17) is 21.1 Å². The molecule has 186 valence electrons. The molecule has 36 heavy (non-hydrogen) atoms. The van der Waals surface area contributed by atoms with Crippen molar-refractivity contribution in [3.05, 3.63) is 71.5 Å². The fourth-order valence-corrected chi connectivity index (χ4v) is 4.94. The molecular formula is C27H28ClN5O3. The first kappa shape index (κ1) is 24.2.